The number of cyclic esters (lactones) is 1. The van der Waals surface area contributed by atoms with E-state index < -0.39 is 126 Å². The molecule has 0 aromatic heterocycles. The van der Waals surface area contributed by atoms with E-state index in [2.05, 4.69) is 21.3 Å². The number of carboxylic acid groups (broad SMARTS) is 1. The van der Waals surface area contributed by atoms with Crippen LogP contribution >= 0.6 is 0 Å². The van der Waals surface area contributed by atoms with Crippen LogP contribution in [0.2, 0.25) is 0 Å². The number of aliphatic carboxylic acids is 1. The molecule has 2 saturated heterocycles. The van der Waals surface area contributed by atoms with Gasteiger partial charge in [-0.25, -0.2) is 4.79 Å². The number of likely N-dealkylation sites (N-methyl/N-ethyl adjacent to an activating group) is 1. The highest BCUT2D eigenvalue weighted by Gasteiger charge is 2.47. The zero-order valence-corrected chi connectivity index (χ0v) is 36.9. The number of esters is 1. The number of amides is 6. The number of fused-ring (bicyclic) bond motifs is 2. The minimum Gasteiger partial charge on any atom is -0.481 e. The van der Waals surface area contributed by atoms with Crippen LogP contribution in [-0.4, -0.2) is 140 Å². The van der Waals surface area contributed by atoms with Crippen molar-refractivity contribution in [2.45, 2.75) is 153 Å². The number of carbonyl (C=O) groups excluding carboxylic acids is 7. The SMILES string of the molecule is CC[C@H](C)[C@@H]1NC(=O)[C@H](Cc2ccccc2)N(C)C(=O)[C@H](C(C)C)N2C(=O)[C@H](CC[C@H]2O)NC(=O)[C@H](CC2C=CC(O)CC2)NC(=O)[C@@H](NC(=O)[C@@H](N)CCC(=O)O)[C@@H](C)OC1=O. The fourth-order valence-electron chi connectivity index (χ4n) is 8.13. The summed E-state index contributed by atoms with van der Waals surface area (Å²) in [6.45, 7) is 8.16. The topological polar surface area (TPSA) is 287 Å². The summed E-state index contributed by atoms with van der Waals surface area (Å²) < 4.78 is 5.85. The van der Waals surface area contributed by atoms with Gasteiger partial charge in [0, 0.05) is 19.9 Å². The summed E-state index contributed by atoms with van der Waals surface area (Å²) in [6, 6.07) is -0.803. The molecule has 19 nitrogen and oxygen atoms in total. The van der Waals surface area contributed by atoms with E-state index in [1.54, 1.807) is 70.2 Å². The molecule has 0 saturated carbocycles. The molecule has 2 bridgehead atoms. The van der Waals surface area contributed by atoms with Gasteiger partial charge in [0.2, 0.25) is 35.4 Å². The second-order valence-electron chi connectivity index (χ2n) is 17.3. The minimum absolute atomic E-state index is 0.0134. The molecule has 1 aromatic carbocycles. The van der Waals surface area contributed by atoms with E-state index in [1.807, 2.05) is 0 Å². The molecule has 3 aliphatic rings. The third-order valence-corrected chi connectivity index (χ3v) is 12.2. The van der Waals surface area contributed by atoms with E-state index >= 15 is 0 Å². The number of carboxylic acids is 1. The fourth-order valence-corrected chi connectivity index (χ4v) is 8.13. The monoisotopic (exact) mass is 883 g/mol. The third-order valence-electron chi connectivity index (χ3n) is 12.2. The van der Waals surface area contributed by atoms with Crippen molar-refractivity contribution in [3.63, 3.8) is 0 Å². The van der Waals surface area contributed by atoms with Crippen molar-refractivity contribution in [1.29, 1.82) is 0 Å². The van der Waals surface area contributed by atoms with Crippen LogP contribution in [-0.2, 0) is 49.5 Å². The summed E-state index contributed by atoms with van der Waals surface area (Å²) in [5.41, 5.74) is 6.69. The number of hydrogen-bond donors (Lipinski definition) is 8. The van der Waals surface area contributed by atoms with Crippen LogP contribution in [0.1, 0.15) is 91.5 Å². The van der Waals surface area contributed by atoms with Crippen LogP contribution in [0.3, 0.4) is 0 Å². The number of aliphatic hydroxyl groups excluding tert-OH is 2. The van der Waals surface area contributed by atoms with Gasteiger partial charge in [0.15, 0.2) is 0 Å². The Kier molecular flexibility index (Phi) is 18.2. The number of nitrogens with zero attached hydrogens (tertiary/aromatic N) is 2. The van der Waals surface area contributed by atoms with E-state index in [4.69, 9.17) is 10.5 Å². The Balaban J connectivity index is 1.85. The highest BCUT2D eigenvalue weighted by Crippen LogP contribution is 2.27. The lowest BCUT2D eigenvalue weighted by Crippen LogP contribution is -2.66. The van der Waals surface area contributed by atoms with Gasteiger partial charge in [-0.2, -0.15) is 0 Å². The molecule has 6 amide bonds. The second kappa shape index (κ2) is 22.8. The summed E-state index contributed by atoms with van der Waals surface area (Å²) in [5, 5.41) is 41.2. The van der Waals surface area contributed by atoms with E-state index in [-0.39, 0.29) is 38.0 Å². The van der Waals surface area contributed by atoms with Gasteiger partial charge in [-0.3, -0.25) is 33.6 Å². The molecule has 0 radical (unpaired) electrons. The molecule has 9 N–H and O–H groups in total. The quantitative estimate of drug-likeness (QED) is 0.100. The van der Waals surface area contributed by atoms with E-state index in [0.29, 0.717) is 24.8 Å². The highest BCUT2D eigenvalue weighted by atomic mass is 16.5. The number of carbonyl (C=O) groups is 8. The van der Waals surface area contributed by atoms with Gasteiger partial charge >= 0.3 is 11.9 Å². The van der Waals surface area contributed by atoms with Gasteiger partial charge in [-0.05, 0) is 68.8 Å². The second-order valence-corrected chi connectivity index (χ2v) is 17.3. The van der Waals surface area contributed by atoms with Crippen molar-refractivity contribution < 1.29 is 58.4 Å². The number of nitrogens with two attached hydrogens (primary N) is 1. The predicted molar refractivity (Wildman–Crippen MR) is 227 cm³/mol. The number of piperidine rings is 1. The van der Waals surface area contributed by atoms with Gasteiger partial charge < -0.3 is 56.9 Å². The zero-order valence-electron chi connectivity index (χ0n) is 36.9. The van der Waals surface area contributed by atoms with E-state index in [9.17, 15) is 53.7 Å². The van der Waals surface area contributed by atoms with Crippen LogP contribution in [0.15, 0.2) is 42.5 Å². The first kappa shape index (κ1) is 50.2. The number of aliphatic hydroxyl groups is 2. The van der Waals surface area contributed by atoms with Crippen LogP contribution in [0, 0.1) is 17.8 Å². The lowest BCUT2D eigenvalue weighted by Gasteiger charge is -2.44. The maximum Gasteiger partial charge on any atom is 0.329 e. The maximum absolute atomic E-state index is 14.7. The van der Waals surface area contributed by atoms with Crippen LogP contribution in [0.5, 0.6) is 0 Å². The fraction of sp³-hybridized carbons (Fsp3) is 0.636. The number of benzene rings is 1. The summed E-state index contributed by atoms with van der Waals surface area (Å²) in [7, 11) is 1.40. The Labute approximate surface area is 367 Å². The molecule has 1 aromatic rings. The largest absolute Gasteiger partial charge is 0.481 e. The molecule has 0 spiro atoms. The average molecular weight is 884 g/mol. The number of ether oxygens (including phenoxy) is 1. The molecule has 19 heteroatoms. The zero-order chi connectivity index (χ0) is 46.7. The third kappa shape index (κ3) is 13.3. The summed E-state index contributed by atoms with van der Waals surface area (Å²) in [5.74, 6) is -8.60. The van der Waals surface area contributed by atoms with Crippen molar-refractivity contribution >= 4 is 47.4 Å². The van der Waals surface area contributed by atoms with E-state index in [0.717, 1.165) is 4.90 Å². The number of allylic oxidation sites excluding steroid dienone is 1. The molecular weight excluding hydrogens is 819 g/mol. The van der Waals surface area contributed by atoms with Gasteiger partial charge in [-0.15, -0.1) is 0 Å². The highest BCUT2D eigenvalue weighted by molar-refractivity contribution is 5.98. The Morgan fingerprint density at radius 1 is 0.905 bits per heavy atom. The van der Waals surface area contributed by atoms with Crippen molar-refractivity contribution in [3.05, 3.63) is 48.0 Å². The van der Waals surface area contributed by atoms with Crippen molar-refractivity contribution in [3.8, 4) is 0 Å². The summed E-state index contributed by atoms with van der Waals surface area (Å²) in [6.07, 6.45) is -0.0122. The molecule has 2 heterocycles. The Hall–Kier alpha value is -5.40. The molecule has 4 rings (SSSR count). The first-order valence-corrected chi connectivity index (χ1v) is 21.8. The maximum atomic E-state index is 14.7. The van der Waals surface area contributed by atoms with Gasteiger partial charge in [-0.1, -0.05) is 76.6 Å². The smallest absolute Gasteiger partial charge is 0.329 e. The molecule has 63 heavy (non-hydrogen) atoms. The standard InChI is InChI=1S/C44H65N7O12/c1-7-24(4)35-44(62)63-25(5)36(49-38(56)29(45)17-20-34(54)55)41(59)47-31(21-27-13-15-28(52)16-14-27)39(57)46-30-18-19-33(53)51(42(30)60)37(23(2)3)43(61)50(6)32(40(58)48-35)22-26-11-9-8-10-12-26/h8-13,15,23-25,27-33,35-37,52-53H,7,14,16-22,45H2,1-6H3,(H,46,57)(H,47,59)(H,48,58)(H,49,56)(H,54,55)/t24-,25+,27?,28?,29-,30-,31-,32-,33+,35-,36-,37-/m0/s1. The molecule has 2 aliphatic heterocycles. The number of hydrogen-bond acceptors (Lipinski definition) is 12. The molecule has 348 valence electrons. The average Bonchev–Trinajstić information content (AvgIpc) is 3.24. The van der Waals surface area contributed by atoms with Crippen LogP contribution < -0.4 is 27.0 Å². The first-order valence-electron chi connectivity index (χ1n) is 21.8. The van der Waals surface area contributed by atoms with Crippen molar-refractivity contribution in [2.24, 2.45) is 23.5 Å². The Morgan fingerprint density at radius 2 is 1.59 bits per heavy atom. The van der Waals surface area contributed by atoms with Crippen molar-refractivity contribution in [2.75, 3.05) is 7.05 Å². The van der Waals surface area contributed by atoms with Gasteiger partial charge in [0.05, 0.1) is 12.1 Å². The Morgan fingerprint density at radius 3 is 2.19 bits per heavy atom. The molecule has 2 fully saturated rings. The van der Waals surface area contributed by atoms with Crippen molar-refractivity contribution in [1.82, 2.24) is 31.1 Å². The molecule has 12 atom stereocenters. The lowest BCUT2D eigenvalue weighted by atomic mass is 9.88. The summed E-state index contributed by atoms with van der Waals surface area (Å²) in [4.78, 5) is 113. The summed E-state index contributed by atoms with van der Waals surface area (Å²) >= 11 is 0. The first-order chi connectivity index (χ1) is 29.7. The van der Waals surface area contributed by atoms with Crippen LogP contribution in [0.4, 0.5) is 0 Å². The van der Waals surface area contributed by atoms with Crippen LogP contribution in [0.25, 0.3) is 0 Å². The molecular formula is C44H65N7O12. The lowest BCUT2D eigenvalue weighted by molar-refractivity contribution is -0.167. The minimum atomic E-state index is -1.71. The van der Waals surface area contributed by atoms with Gasteiger partial charge in [0.25, 0.3) is 0 Å². The Bertz CT molecular complexity index is 1850. The predicted octanol–water partition coefficient (Wildman–Crippen LogP) is -0.139. The number of rotatable bonds is 12. The molecule has 2 unspecified atom stereocenters. The molecule has 1 aliphatic carbocycles. The van der Waals surface area contributed by atoms with Gasteiger partial charge in [0.1, 0.15) is 48.6 Å². The normalized spacial score (nSPS) is 30.2. The number of nitrogens with one attached hydrogen (secondary N) is 4. The van der Waals surface area contributed by atoms with E-state index in [1.165, 1.54) is 18.9 Å².